The van der Waals surface area contributed by atoms with E-state index in [0.717, 1.165) is 0 Å². The van der Waals surface area contributed by atoms with Crippen LogP contribution >= 0.6 is 23.2 Å². The minimum Gasteiger partial charge on any atom is -0.476 e. The van der Waals surface area contributed by atoms with Gasteiger partial charge in [0.15, 0.2) is 10.8 Å². The standard InChI is InChI=1S/C10H6Cl2N2O2/c11-8-7(9(15)16)14(10(12)13-8)6-4-2-1-3-5-6/h1-5H,(H,15,16). The highest BCUT2D eigenvalue weighted by Crippen LogP contribution is 2.25. The second-order valence-electron chi connectivity index (χ2n) is 3.00. The first-order chi connectivity index (χ1) is 7.61. The lowest BCUT2D eigenvalue weighted by atomic mass is 10.3. The van der Waals surface area contributed by atoms with Gasteiger partial charge in [-0.25, -0.2) is 9.78 Å². The van der Waals surface area contributed by atoms with Crippen LogP contribution in [0.3, 0.4) is 0 Å². The van der Waals surface area contributed by atoms with E-state index >= 15 is 0 Å². The first-order valence-corrected chi connectivity index (χ1v) is 5.09. The fraction of sp³-hybridized carbons (Fsp3) is 0. The SMILES string of the molecule is O=C(O)c1c(Cl)nc(Cl)n1-c1ccccc1. The number of aromatic nitrogens is 2. The highest BCUT2D eigenvalue weighted by atomic mass is 35.5. The summed E-state index contributed by atoms with van der Waals surface area (Å²) in [6.07, 6.45) is 0. The van der Waals surface area contributed by atoms with Gasteiger partial charge < -0.3 is 5.11 Å². The summed E-state index contributed by atoms with van der Waals surface area (Å²) < 4.78 is 1.28. The average molecular weight is 257 g/mol. The van der Waals surface area contributed by atoms with Gasteiger partial charge in [0.2, 0.25) is 5.28 Å². The van der Waals surface area contributed by atoms with Gasteiger partial charge in [-0.2, -0.15) is 0 Å². The fourth-order valence-corrected chi connectivity index (χ4v) is 1.92. The largest absolute Gasteiger partial charge is 0.476 e. The van der Waals surface area contributed by atoms with Crippen molar-refractivity contribution in [3.63, 3.8) is 0 Å². The summed E-state index contributed by atoms with van der Waals surface area (Å²) in [5.41, 5.74) is 0.460. The third kappa shape index (κ3) is 1.77. The summed E-state index contributed by atoms with van der Waals surface area (Å²) >= 11 is 11.5. The predicted molar refractivity (Wildman–Crippen MR) is 60.5 cm³/mol. The Balaban J connectivity index is 2.69. The van der Waals surface area contributed by atoms with Crippen LogP contribution < -0.4 is 0 Å². The van der Waals surface area contributed by atoms with Crippen molar-refractivity contribution in [2.75, 3.05) is 0 Å². The summed E-state index contributed by atoms with van der Waals surface area (Å²) in [5, 5.41) is 8.92. The normalized spacial score (nSPS) is 10.4. The van der Waals surface area contributed by atoms with Crippen molar-refractivity contribution in [3.8, 4) is 5.69 Å². The molecule has 0 atom stereocenters. The molecular weight excluding hydrogens is 251 g/mol. The van der Waals surface area contributed by atoms with Crippen molar-refractivity contribution >= 4 is 29.2 Å². The number of aromatic carboxylic acids is 1. The number of hydrogen-bond donors (Lipinski definition) is 1. The molecule has 82 valence electrons. The molecule has 0 unspecified atom stereocenters. The quantitative estimate of drug-likeness (QED) is 0.899. The highest BCUT2D eigenvalue weighted by Gasteiger charge is 2.21. The minimum absolute atomic E-state index is 0.0219. The molecule has 0 spiro atoms. The number of carbonyl (C=O) groups is 1. The third-order valence-electron chi connectivity index (χ3n) is 2.01. The molecule has 0 fully saturated rings. The summed E-state index contributed by atoms with van der Waals surface area (Å²) in [5.74, 6) is -1.17. The molecule has 0 bridgehead atoms. The van der Waals surface area contributed by atoms with E-state index in [4.69, 9.17) is 28.3 Å². The van der Waals surface area contributed by atoms with E-state index in [9.17, 15) is 4.79 Å². The molecular formula is C10H6Cl2N2O2. The molecule has 16 heavy (non-hydrogen) atoms. The summed E-state index contributed by atoms with van der Waals surface area (Å²) in [6, 6.07) is 8.79. The molecule has 1 aromatic heterocycles. The number of nitrogens with zero attached hydrogens (tertiary/aromatic N) is 2. The molecule has 0 aliphatic rings. The van der Waals surface area contributed by atoms with Crippen LogP contribution in [0.15, 0.2) is 30.3 Å². The van der Waals surface area contributed by atoms with E-state index in [-0.39, 0.29) is 16.1 Å². The van der Waals surface area contributed by atoms with Crippen molar-refractivity contribution in [2.45, 2.75) is 0 Å². The van der Waals surface area contributed by atoms with Crippen LogP contribution in [0.5, 0.6) is 0 Å². The lowest BCUT2D eigenvalue weighted by molar-refractivity contribution is 0.0688. The Morgan fingerprint density at radius 3 is 2.44 bits per heavy atom. The first-order valence-electron chi connectivity index (χ1n) is 4.33. The van der Waals surface area contributed by atoms with Crippen molar-refractivity contribution in [1.29, 1.82) is 0 Å². The van der Waals surface area contributed by atoms with Gasteiger partial charge in [-0.3, -0.25) is 4.57 Å². The van der Waals surface area contributed by atoms with E-state index in [2.05, 4.69) is 4.98 Å². The predicted octanol–water partition coefficient (Wildman–Crippen LogP) is 2.88. The Bertz CT molecular complexity index is 537. The van der Waals surface area contributed by atoms with Gasteiger partial charge >= 0.3 is 5.97 Å². The number of rotatable bonds is 2. The topological polar surface area (TPSA) is 55.1 Å². The van der Waals surface area contributed by atoms with E-state index in [1.807, 2.05) is 6.07 Å². The zero-order valence-corrected chi connectivity index (χ0v) is 9.40. The van der Waals surface area contributed by atoms with Gasteiger partial charge in [-0.15, -0.1) is 0 Å². The third-order valence-corrected chi connectivity index (χ3v) is 2.53. The van der Waals surface area contributed by atoms with Crippen molar-refractivity contribution in [2.24, 2.45) is 0 Å². The van der Waals surface area contributed by atoms with E-state index in [0.29, 0.717) is 5.69 Å². The number of halogens is 2. The van der Waals surface area contributed by atoms with Gasteiger partial charge in [0.1, 0.15) is 0 Å². The molecule has 1 aromatic carbocycles. The molecule has 6 heteroatoms. The van der Waals surface area contributed by atoms with Gasteiger partial charge in [0.05, 0.1) is 0 Å². The second kappa shape index (κ2) is 4.15. The number of carboxylic acids is 1. The molecule has 1 heterocycles. The Hall–Kier alpha value is -1.52. The first kappa shape index (κ1) is 11.0. The van der Waals surface area contributed by atoms with Crippen LogP contribution in [0.2, 0.25) is 10.4 Å². The Morgan fingerprint density at radius 2 is 1.88 bits per heavy atom. The van der Waals surface area contributed by atoms with Crippen LogP contribution in [-0.4, -0.2) is 20.6 Å². The molecule has 0 radical (unpaired) electrons. The summed E-state index contributed by atoms with van der Waals surface area (Å²) in [6.45, 7) is 0. The molecule has 0 amide bonds. The van der Waals surface area contributed by atoms with Gasteiger partial charge in [-0.05, 0) is 23.7 Å². The highest BCUT2D eigenvalue weighted by molar-refractivity contribution is 6.34. The maximum Gasteiger partial charge on any atom is 0.356 e. The molecule has 0 aliphatic carbocycles. The fourth-order valence-electron chi connectivity index (χ4n) is 1.37. The molecule has 2 aromatic rings. The smallest absolute Gasteiger partial charge is 0.356 e. The van der Waals surface area contributed by atoms with E-state index < -0.39 is 5.97 Å². The number of carboxylic acid groups (broad SMARTS) is 1. The van der Waals surface area contributed by atoms with Gasteiger partial charge in [0.25, 0.3) is 0 Å². The Kier molecular flexibility index (Phi) is 2.85. The van der Waals surface area contributed by atoms with Crippen molar-refractivity contribution in [1.82, 2.24) is 9.55 Å². The van der Waals surface area contributed by atoms with Crippen LogP contribution in [0.1, 0.15) is 10.5 Å². The summed E-state index contributed by atoms with van der Waals surface area (Å²) in [7, 11) is 0. The van der Waals surface area contributed by atoms with Gasteiger partial charge in [0, 0.05) is 5.69 Å². The molecule has 0 saturated carbocycles. The zero-order chi connectivity index (χ0) is 11.7. The van der Waals surface area contributed by atoms with Crippen LogP contribution in [0.25, 0.3) is 5.69 Å². The number of imidazole rings is 1. The maximum atomic E-state index is 11.0. The molecule has 4 nitrogen and oxygen atoms in total. The minimum atomic E-state index is -1.17. The van der Waals surface area contributed by atoms with Crippen LogP contribution in [0.4, 0.5) is 0 Å². The van der Waals surface area contributed by atoms with E-state index in [1.54, 1.807) is 24.3 Å². The average Bonchev–Trinajstić information content (AvgIpc) is 2.55. The molecule has 0 saturated heterocycles. The van der Waals surface area contributed by atoms with Crippen molar-refractivity contribution < 1.29 is 9.90 Å². The monoisotopic (exact) mass is 256 g/mol. The molecule has 0 aliphatic heterocycles. The van der Waals surface area contributed by atoms with Crippen molar-refractivity contribution in [3.05, 3.63) is 46.5 Å². The number of para-hydroxylation sites is 1. The number of hydrogen-bond acceptors (Lipinski definition) is 2. The van der Waals surface area contributed by atoms with E-state index in [1.165, 1.54) is 4.57 Å². The van der Waals surface area contributed by atoms with Crippen LogP contribution in [0, 0.1) is 0 Å². The zero-order valence-electron chi connectivity index (χ0n) is 7.89. The lowest BCUT2D eigenvalue weighted by Gasteiger charge is -2.05. The number of benzene rings is 1. The Morgan fingerprint density at radius 1 is 1.25 bits per heavy atom. The summed E-state index contributed by atoms with van der Waals surface area (Å²) in [4.78, 5) is 14.7. The lowest BCUT2D eigenvalue weighted by Crippen LogP contribution is -2.07. The molecule has 2 rings (SSSR count). The maximum absolute atomic E-state index is 11.0. The second-order valence-corrected chi connectivity index (χ2v) is 3.69. The van der Waals surface area contributed by atoms with Crippen LogP contribution in [-0.2, 0) is 0 Å². The van der Waals surface area contributed by atoms with Gasteiger partial charge in [-0.1, -0.05) is 29.8 Å². The Labute approximate surface area is 101 Å². The molecule has 1 N–H and O–H groups in total.